The number of rotatable bonds is 4. The first-order valence-corrected chi connectivity index (χ1v) is 8.43. The largest absolute Gasteiger partial charge is 0.387 e. The third-order valence-corrected chi connectivity index (χ3v) is 4.74. The second kappa shape index (κ2) is 7.15. The molecule has 2 aliphatic heterocycles. The van der Waals surface area contributed by atoms with Crippen LogP contribution in [0, 0.1) is 5.41 Å². The zero-order valence-electron chi connectivity index (χ0n) is 12.3. The lowest BCUT2D eigenvalue weighted by Gasteiger charge is -2.24. The van der Waals surface area contributed by atoms with Gasteiger partial charge in [-0.15, -0.1) is 0 Å². The monoisotopic (exact) mass is 361 g/mol. The van der Waals surface area contributed by atoms with Crippen LogP contribution >= 0.6 is 15.9 Å². The van der Waals surface area contributed by atoms with Crippen molar-refractivity contribution in [2.75, 3.05) is 13.1 Å². The molecule has 0 radical (unpaired) electrons. The second-order valence-electron chi connectivity index (χ2n) is 5.60. The first kappa shape index (κ1) is 15.4. The van der Waals surface area contributed by atoms with E-state index in [4.69, 9.17) is 10.4 Å². The molecule has 0 spiro atoms. The lowest BCUT2D eigenvalue weighted by Crippen LogP contribution is -2.38. The van der Waals surface area contributed by atoms with Crippen LogP contribution in [0.1, 0.15) is 19.3 Å². The minimum Gasteiger partial charge on any atom is -0.387 e. The Labute approximate surface area is 139 Å². The number of piperidine rings is 1. The molecule has 2 heterocycles. The molecule has 0 bridgehead atoms. The highest BCUT2D eigenvalue weighted by Crippen LogP contribution is 2.29. The quantitative estimate of drug-likeness (QED) is 0.672. The van der Waals surface area contributed by atoms with Crippen molar-refractivity contribution in [1.29, 1.82) is 5.41 Å². The van der Waals surface area contributed by atoms with Crippen LogP contribution in [0.25, 0.3) is 0 Å². The van der Waals surface area contributed by atoms with E-state index in [2.05, 4.69) is 37.6 Å². The summed E-state index contributed by atoms with van der Waals surface area (Å²) in [6.07, 6.45) is 12.2. The van der Waals surface area contributed by atoms with E-state index in [1.165, 1.54) is 6.21 Å². The maximum Gasteiger partial charge on any atom is 0.0966 e. The summed E-state index contributed by atoms with van der Waals surface area (Å²) in [4.78, 5) is 9.27. The summed E-state index contributed by atoms with van der Waals surface area (Å²) in [5, 5.41) is 14.4. The van der Waals surface area contributed by atoms with Gasteiger partial charge in [0.25, 0.3) is 0 Å². The molecule has 1 saturated heterocycles. The fourth-order valence-electron chi connectivity index (χ4n) is 2.76. The number of hydrogen-bond acceptors (Lipinski definition) is 5. The molecular formula is C16H20BrN5. The van der Waals surface area contributed by atoms with Gasteiger partial charge in [0.1, 0.15) is 0 Å². The van der Waals surface area contributed by atoms with Gasteiger partial charge < -0.3 is 16.0 Å². The molecule has 1 aliphatic carbocycles. The van der Waals surface area contributed by atoms with E-state index in [0.717, 1.165) is 53.8 Å². The topological polar surface area (TPSA) is 72.6 Å². The van der Waals surface area contributed by atoms with E-state index in [1.807, 2.05) is 12.3 Å². The number of allylic oxidation sites excluding steroid dienone is 3. The van der Waals surface area contributed by atoms with Gasteiger partial charge in [-0.2, -0.15) is 0 Å². The minimum absolute atomic E-state index is 0.104. The fourth-order valence-corrected chi connectivity index (χ4v) is 3.30. The maximum absolute atomic E-state index is 7.67. The molecule has 0 aromatic carbocycles. The van der Waals surface area contributed by atoms with Crippen LogP contribution < -0.4 is 10.6 Å². The van der Waals surface area contributed by atoms with Crippen LogP contribution in [0.5, 0.6) is 0 Å². The molecule has 3 N–H and O–H groups in total. The van der Waals surface area contributed by atoms with Crippen LogP contribution in [0.2, 0.25) is 0 Å². The van der Waals surface area contributed by atoms with E-state index >= 15 is 0 Å². The Bertz CT molecular complexity index is 594. The Kier molecular flexibility index (Phi) is 5.00. The summed E-state index contributed by atoms with van der Waals surface area (Å²) < 4.78 is 0.980. The molecule has 1 unspecified atom stereocenters. The minimum atomic E-state index is 0.104. The Morgan fingerprint density at radius 1 is 1.41 bits per heavy atom. The van der Waals surface area contributed by atoms with Crippen LogP contribution in [0.15, 0.2) is 44.1 Å². The van der Waals surface area contributed by atoms with Gasteiger partial charge in [0, 0.05) is 34.7 Å². The molecule has 3 aliphatic rings. The molecule has 0 saturated carbocycles. The highest BCUT2D eigenvalue weighted by molar-refractivity contribution is 9.11. The summed E-state index contributed by atoms with van der Waals surface area (Å²) >= 11 is 3.54. The maximum atomic E-state index is 7.67. The van der Waals surface area contributed by atoms with Crippen molar-refractivity contribution in [3.05, 3.63) is 34.1 Å². The van der Waals surface area contributed by atoms with Crippen LogP contribution in [0.4, 0.5) is 0 Å². The lowest BCUT2D eigenvalue weighted by molar-refractivity contribution is 0.420. The average molecular weight is 362 g/mol. The number of hydrogen-bond donors (Lipinski definition) is 3. The molecule has 116 valence electrons. The zero-order chi connectivity index (χ0) is 15.4. The molecule has 1 fully saturated rings. The fraction of sp³-hybridized carbons (Fsp3) is 0.438. The van der Waals surface area contributed by atoms with Gasteiger partial charge in [0.2, 0.25) is 0 Å². The van der Waals surface area contributed by atoms with Crippen LogP contribution in [-0.2, 0) is 0 Å². The van der Waals surface area contributed by atoms with E-state index < -0.39 is 0 Å². The lowest BCUT2D eigenvalue weighted by atomic mass is 10.0. The molecule has 1 atom stereocenters. The van der Waals surface area contributed by atoms with Gasteiger partial charge in [-0.05, 0) is 54.4 Å². The molecular weight excluding hydrogens is 342 g/mol. The predicted molar refractivity (Wildman–Crippen MR) is 95.3 cm³/mol. The van der Waals surface area contributed by atoms with Gasteiger partial charge in [-0.1, -0.05) is 6.08 Å². The summed E-state index contributed by atoms with van der Waals surface area (Å²) in [6, 6.07) is 0.570. The van der Waals surface area contributed by atoms with Crippen LogP contribution in [0.3, 0.4) is 0 Å². The van der Waals surface area contributed by atoms with Crippen molar-refractivity contribution in [3.8, 4) is 0 Å². The Morgan fingerprint density at radius 2 is 2.23 bits per heavy atom. The van der Waals surface area contributed by atoms with Crippen molar-refractivity contribution in [2.45, 2.75) is 31.3 Å². The number of nitrogens with one attached hydrogen (secondary N) is 3. The van der Waals surface area contributed by atoms with Crippen molar-refractivity contribution in [2.24, 2.45) is 9.98 Å². The smallest absolute Gasteiger partial charge is 0.0966 e. The zero-order valence-corrected chi connectivity index (χ0v) is 13.9. The van der Waals surface area contributed by atoms with Crippen molar-refractivity contribution in [1.82, 2.24) is 10.6 Å². The SMILES string of the molecule is N=C/C(=C\NC1CCNCC1)C1=NC2=C(Br)C=CCC2N=C1. The second-order valence-corrected chi connectivity index (χ2v) is 6.45. The molecule has 3 rings (SSSR count). The van der Waals surface area contributed by atoms with E-state index in [0.29, 0.717) is 6.04 Å². The van der Waals surface area contributed by atoms with Gasteiger partial charge in [-0.3, -0.25) is 4.99 Å². The van der Waals surface area contributed by atoms with Crippen molar-refractivity contribution < 1.29 is 0 Å². The Morgan fingerprint density at radius 3 is 3.00 bits per heavy atom. The van der Waals surface area contributed by atoms with Gasteiger partial charge in [0.15, 0.2) is 0 Å². The van der Waals surface area contributed by atoms with E-state index in [1.54, 1.807) is 6.21 Å². The molecule has 5 nitrogen and oxygen atoms in total. The molecule has 0 aromatic heterocycles. The summed E-state index contributed by atoms with van der Waals surface area (Å²) in [7, 11) is 0. The summed E-state index contributed by atoms with van der Waals surface area (Å²) in [6.45, 7) is 2.09. The highest BCUT2D eigenvalue weighted by Gasteiger charge is 2.22. The van der Waals surface area contributed by atoms with E-state index in [-0.39, 0.29) is 6.04 Å². The summed E-state index contributed by atoms with van der Waals surface area (Å²) in [5.74, 6) is 0. The third-order valence-electron chi connectivity index (χ3n) is 4.07. The Balaban J connectivity index is 1.77. The third kappa shape index (κ3) is 3.44. The first-order valence-electron chi connectivity index (χ1n) is 7.64. The van der Waals surface area contributed by atoms with Crippen molar-refractivity contribution >= 4 is 34.1 Å². The number of halogens is 1. The Hall–Kier alpha value is -1.53. The number of nitrogens with zero attached hydrogens (tertiary/aromatic N) is 2. The standard InChI is InChI=1S/C16H20BrN5/c17-13-2-1-3-14-16(13)22-15(10-21-14)11(8-18)9-20-12-4-6-19-7-5-12/h1-2,8-10,12,14,18-20H,3-7H2/b11-9+,18-8?. The summed E-state index contributed by atoms with van der Waals surface area (Å²) in [5.41, 5.74) is 2.47. The highest BCUT2D eigenvalue weighted by atomic mass is 79.9. The number of fused-ring (bicyclic) bond motifs is 1. The molecule has 0 amide bonds. The predicted octanol–water partition coefficient (Wildman–Crippen LogP) is 2.32. The van der Waals surface area contributed by atoms with Gasteiger partial charge >= 0.3 is 0 Å². The van der Waals surface area contributed by atoms with Crippen LogP contribution in [-0.4, -0.2) is 43.3 Å². The average Bonchev–Trinajstić information content (AvgIpc) is 2.57. The molecule has 0 aromatic rings. The van der Waals surface area contributed by atoms with Gasteiger partial charge in [0.05, 0.1) is 17.5 Å². The van der Waals surface area contributed by atoms with E-state index in [9.17, 15) is 0 Å². The number of aliphatic imine (C=N–C) groups is 2. The molecule has 6 heteroatoms. The molecule has 22 heavy (non-hydrogen) atoms. The van der Waals surface area contributed by atoms with Gasteiger partial charge in [-0.25, -0.2) is 4.99 Å². The first-order chi connectivity index (χ1) is 10.8. The normalized spacial score (nSPS) is 25.8. The van der Waals surface area contributed by atoms with Crippen molar-refractivity contribution in [3.63, 3.8) is 0 Å².